The second-order valence-corrected chi connectivity index (χ2v) is 12.2. The summed E-state index contributed by atoms with van der Waals surface area (Å²) in [4.78, 5) is 26.1. The maximum absolute atomic E-state index is 12.7. The standard InChI is InChI=1S/C29H23N3O4S3/c1-16(17-6-4-3-5-7-17)36-29(35)31-28-21(14-30-32(28)2)24-13-26-25(39-24)12-23(38-26)18-8-9-22-20(10-18)19(15-37-22)11-27(33)34/h3-10,12-16H,11H2,1-2H3,(H,31,35)(H,33,34)/t16-/m1/s1. The molecule has 0 aliphatic carbocycles. The Labute approximate surface area is 235 Å². The third kappa shape index (κ3) is 5.06. The number of aryl methyl sites for hydroxylation is 1. The Morgan fingerprint density at radius 1 is 1.03 bits per heavy atom. The van der Waals surface area contributed by atoms with Crippen LogP contribution in [0, 0.1) is 0 Å². The van der Waals surface area contributed by atoms with Crippen molar-refractivity contribution in [1.29, 1.82) is 0 Å². The molecular weight excluding hydrogens is 551 g/mol. The average molecular weight is 574 g/mol. The molecule has 10 heteroatoms. The van der Waals surface area contributed by atoms with Crippen molar-refractivity contribution in [2.45, 2.75) is 19.4 Å². The van der Waals surface area contributed by atoms with Crippen molar-refractivity contribution in [3.63, 3.8) is 0 Å². The normalized spacial score (nSPS) is 12.2. The Balaban J connectivity index is 1.24. The number of hydrogen-bond acceptors (Lipinski definition) is 7. The molecular formula is C29H23N3O4S3. The molecule has 6 rings (SSSR count). The van der Waals surface area contributed by atoms with Crippen molar-refractivity contribution >= 4 is 71.4 Å². The number of thiophene rings is 3. The van der Waals surface area contributed by atoms with Gasteiger partial charge in [-0.15, -0.1) is 34.0 Å². The third-order valence-electron chi connectivity index (χ3n) is 6.46. The number of anilines is 1. The summed E-state index contributed by atoms with van der Waals surface area (Å²) in [6.45, 7) is 1.84. The molecule has 2 aromatic carbocycles. The van der Waals surface area contributed by atoms with Gasteiger partial charge in [0.05, 0.1) is 18.2 Å². The summed E-state index contributed by atoms with van der Waals surface area (Å²) >= 11 is 4.90. The number of fused-ring (bicyclic) bond motifs is 2. The van der Waals surface area contributed by atoms with Crippen LogP contribution in [0.5, 0.6) is 0 Å². The van der Waals surface area contributed by atoms with E-state index in [1.807, 2.05) is 42.6 Å². The lowest BCUT2D eigenvalue weighted by Crippen LogP contribution is -2.18. The highest BCUT2D eigenvalue weighted by atomic mass is 32.1. The highest BCUT2D eigenvalue weighted by Gasteiger charge is 2.20. The van der Waals surface area contributed by atoms with Crippen LogP contribution in [0.15, 0.2) is 72.2 Å². The highest BCUT2D eigenvalue weighted by Crippen LogP contribution is 2.44. The van der Waals surface area contributed by atoms with Crippen LogP contribution in [0.2, 0.25) is 0 Å². The molecule has 0 radical (unpaired) electrons. The van der Waals surface area contributed by atoms with Gasteiger partial charge in [0.15, 0.2) is 0 Å². The molecule has 1 amide bonds. The van der Waals surface area contributed by atoms with Gasteiger partial charge in [-0.05, 0) is 58.6 Å². The minimum absolute atomic E-state index is 0.0204. The SMILES string of the molecule is C[C@@H](OC(=O)Nc1c(-c2cc3sc(-c4ccc5scc(CC(=O)O)c5c4)cc3s2)cnn1C)c1ccccc1. The number of rotatable bonds is 7. The maximum atomic E-state index is 12.7. The molecule has 0 fully saturated rings. The molecule has 0 unspecified atom stereocenters. The average Bonchev–Trinajstić information content (AvgIpc) is 3.68. The molecule has 7 nitrogen and oxygen atoms in total. The predicted octanol–water partition coefficient (Wildman–Crippen LogP) is 8.18. The van der Waals surface area contributed by atoms with Crippen LogP contribution in [0.25, 0.3) is 40.4 Å². The number of carboxylic acids is 1. The molecule has 4 aromatic heterocycles. The van der Waals surface area contributed by atoms with Crippen molar-refractivity contribution in [2.24, 2.45) is 7.05 Å². The fourth-order valence-electron chi connectivity index (χ4n) is 4.49. The topological polar surface area (TPSA) is 93.4 Å². The first-order chi connectivity index (χ1) is 18.9. The summed E-state index contributed by atoms with van der Waals surface area (Å²) < 4.78 is 10.6. The first-order valence-corrected chi connectivity index (χ1v) is 14.7. The fraction of sp³-hybridized carbons (Fsp3) is 0.138. The quantitative estimate of drug-likeness (QED) is 0.201. The molecule has 6 aromatic rings. The second-order valence-electron chi connectivity index (χ2n) is 9.11. The third-order valence-corrected chi connectivity index (χ3v) is 9.85. The van der Waals surface area contributed by atoms with Gasteiger partial charge in [0.25, 0.3) is 0 Å². The lowest BCUT2D eigenvalue weighted by molar-refractivity contribution is -0.136. The Morgan fingerprint density at radius 3 is 2.54 bits per heavy atom. The molecule has 2 N–H and O–H groups in total. The summed E-state index contributed by atoms with van der Waals surface area (Å²) in [6.07, 6.45) is 0.845. The van der Waals surface area contributed by atoms with Gasteiger partial charge >= 0.3 is 12.1 Å². The van der Waals surface area contributed by atoms with Crippen LogP contribution in [0.1, 0.15) is 24.2 Å². The van der Waals surface area contributed by atoms with Crippen LogP contribution in [-0.4, -0.2) is 26.9 Å². The van der Waals surface area contributed by atoms with Gasteiger partial charge in [0.2, 0.25) is 0 Å². The summed E-state index contributed by atoms with van der Waals surface area (Å²) in [7, 11) is 1.78. The van der Waals surface area contributed by atoms with E-state index < -0.39 is 12.1 Å². The lowest BCUT2D eigenvalue weighted by Gasteiger charge is -2.14. The summed E-state index contributed by atoms with van der Waals surface area (Å²) in [5.41, 5.74) is 3.66. The monoisotopic (exact) mass is 573 g/mol. The van der Waals surface area contributed by atoms with E-state index in [-0.39, 0.29) is 12.5 Å². The number of carboxylic acid groups (broad SMARTS) is 1. The van der Waals surface area contributed by atoms with E-state index in [1.165, 1.54) is 0 Å². The molecule has 0 saturated heterocycles. The molecule has 0 saturated carbocycles. The van der Waals surface area contributed by atoms with Crippen LogP contribution >= 0.6 is 34.0 Å². The van der Waals surface area contributed by atoms with E-state index in [0.29, 0.717) is 5.82 Å². The zero-order chi connectivity index (χ0) is 27.1. The fourth-order valence-corrected chi connectivity index (χ4v) is 7.84. The van der Waals surface area contributed by atoms with Gasteiger partial charge in [0, 0.05) is 30.9 Å². The van der Waals surface area contributed by atoms with Crippen molar-refractivity contribution < 1.29 is 19.4 Å². The smallest absolute Gasteiger partial charge is 0.413 e. The second kappa shape index (κ2) is 10.3. The number of aliphatic carboxylic acids is 1. The van der Waals surface area contributed by atoms with Gasteiger partial charge in [-0.25, -0.2) is 4.79 Å². The first-order valence-electron chi connectivity index (χ1n) is 12.2. The molecule has 0 bridgehead atoms. The van der Waals surface area contributed by atoms with Gasteiger partial charge in [-0.1, -0.05) is 36.4 Å². The van der Waals surface area contributed by atoms with Gasteiger partial charge in [-0.3, -0.25) is 14.8 Å². The Kier molecular flexibility index (Phi) is 6.68. The zero-order valence-corrected chi connectivity index (χ0v) is 23.5. The number of carbonyl (C=O) groups is 2. The van der Waals surface area contributed by atoms with Crippen LogP contribution in [-0.2, 0) is 23.0 Å². The predicted molar refractivity (Wildman–Crippen MR) is 159 cm³/mol. The van der Waals surface area contributed by atoms with Gasteiger partial charge < -0.3 is 9.84 Å². The molecule has 39 heavy (non-hydrogen) atoms. The highest BCUT2D eigenvalue weighted by molar-refractivity contribution is 7.31. The number of ether oxygens (including phenoxy) is 1. The number of nitrogens with zero attached hydrogens (tertiary/aromatic N) is 2. The van der Waals surface area contributed by atoms with Crippen molar-refractivity contribution in [1.82, 2.24) is 9.78 Å². The van der Waals surface area contributed by atoms with Crippen LogP contribution in [0.4, 0.5) is 10.6 Å². The number of nitrogens with one attached hydrogen (secondary N) is 1. The lowest BCUT2D eigenvalue weighted by atomic mass is 10.1. The molecule has 0 aliphatic heterocycles. The van der Waals surface area contributed by atoms with Crippen LogP contribution in [0.3, 0.4) is 0 Å². The van der Waals surface area contributed by atoms with Crippen molar-refractivity contribution in [3.05, 3.63) is 83.4 Å². The van der Waals surface area contributed by atoms with Gasteiger partial charge in [-0.2, -0.15) is 5.10 Å². The number of carbonyl (C=O) groups excluding carboxylic acids is 1. The van der Waals surface area contributed by atoms with Gasteiger partial charge in [0.1, 0.15) is 11.9 Å². The molecule has 196 valence electrons. The van der Waals surface area contributed by atoms with E-state index >= 15 is 0 Å². The van der Waals surface area contributed by atoms with E-state index in [1.54, 1.807) is 51.9 Å². The summed E-state index contributed by atoms with van der Waals surface area (Å²) in [5, 5.41) is 19.4. The van der Waals surface area contributed by atoms with Crippen molar-refractivity contribution in [3.8, 4) is 20.9 Å². The molecule has 0 spiro atoms. The number of amides is 1. The Morgan fingerprint density at radius 2 is 1.77 bits per heavy atom. The van der Waals surface area contributed by atoms with Crippen LogP contribution < -0.4 is 5.32 Å². The molecule has 1 atom stereocenters. The summed E-state index contributed by atoms with van der Waals surface area (Å²) in [6, 6.07) is 20.1. The first kappa shape index (κ1) is 25.3. The Hall–Kier alpha value is -3.99. The maximum Gasteiger partial charge on any atom is 0.413 e. The Bertz CT molecular complexity index is 1800. The minimum atomic E-state index is -0.826. The number of aromatic nitrogens is 2. The number of hydrogen-bond donors (Lipinski definition) is 2. The zero-order valence-electron chi connectivity index (χ0n) is 21.0. The van der Waals surface area contributed by atoms with Crippen molar-refractivity contribution in [2.75, 3.05) is 5.32 Å². The van der Waals surface area contributed by atoms with E-state index in [0.717, 1.165) is 51.5 Å². The van der Waals surface area contributed by atoms with E-state index in [4.69, 9.17) is 4.74 Å². The molecule has 0 aliphatic rings. The van der Waals surface area contributed by atoms with E-state index in [2.05, 4.69) is 40.7 Å². The van der Waals surface area contributed by atoms with E-state index in [9.17, 15) is 14.7 Å². The largest absolute Gasteiger partial charge is 0.481 e. The number of benzene rings is 2. The minimum Gasteiger partial charge on any atom is -0.481 e. The molecule has 4 heterocycles. The summed E-state index contributed by atoms with van der Waals surface area (Å²) in [5.74, 6) is -0.254.